The lowest BCUT2D eigenvalue weighted by Crippen LogP contribution is -2.47. The zero-order chi connectivity index (χ0) is 50.0. The maximum atomic E-state index is 14.8. The van der Waals surface area contributed by atoms with Crippen molar-refractivity contribution in [1.29, 1.82) is 0 Å². The maximum Gasteiger partial charge on any atom is 0.267 e. The molecule has 4 aliphatic heterocycles. The molecule has 2 fully saturated rings. The van der Waals surface area contributed by atoms with E-state index in [-0.39, 0.29) is 17.6 Å². The Bertz CT molecular complexity index is 2880. The standard InChI is InChI=1S/C54H56F2N6O7S2/c1-4-33-27-60-17-14-34-19-37(28-63)38(29-64)20-42(34)45(60)21-36(33)22-46-43-24-49(69-3)48(68-2)23-35(43)15-18-61(46)53(70)71-30-32-9-11-39(12-10-32)59-52(67)47-25-54(55,56)31-62(47)50(65)26-58-51(66)41-13-16-57-44-8-6-5-7-40(41)44/h5-13,16,19-20,23-24,28-29,33,36,45-47H,4,14-15,17-18,21-22,25-27,30-31H2,1-3H3,(H,58,66)(H,59,67). The number of benzene rings is 4. The second-order valence-electron chi connectivity index (χ2n) is 18.8. The van der Waals surface area contributed by atoms with E-state index in [9.17, 15) is 32.8 Å². The number of alkyl halides is 2. The van der Waals surface area contributed by atoms with E-state index < -0.39 is 49.2 Å². The van der Waals surface area contributed by atoms with Gasteiger partial charge in [0.25, 0.3) is 11.8 Å². The number of pyridine rings is 1. The molecule has 4 aliphatic rings. The number of rotatable bonds is 14. The van der Waals surface area contributed by atoms with Crippen molar-refractivity contribution in [2.45, 2.75) is 75.2 Å². The third-order valence-electron chi connectivity index (χ3n) is 14.8. The van der Waals surface area contributed by atoms with Crippen molar-refractivity contribution in [3.63, 3.8) is 0 Å². The number of amides is 3. The number of aldehydes is 2. The van der Waals surface area contributed by atoms with Crippen LogP contribution in [0.15, 0.2) is 85.1 Å². The monoisotopic (exact) mass is 1000 g/mol. The molecule has 0 aliphatic carbocycles. The van der Waals surface area contributed by atoms with Gasteiger partial charge in [0.2, 0.25) is 11.8 Å². The molecule has 5 aromatic rings. The van der Waals surface area contributed by atoms with Crippen molar-refractivity contribution in [1.82, 2.24) is 25.0 Å². The third-order valence-corrected chi connectivity index (χ3v) is 16.3. The van der Waals surface area contributed by atoms with Crippen LogP contribution in [0.3, 0.4) is 0 Å². The highest BCUT2D eigenvalue weighted by Crippen LogP contribution is 2.49. The molecule has 2 saturated heterocycles. The lowest BCUT2D eigenvalue weighted by atomic mass is 9.72. The molecule has 5 atom stereocenters. The highest BCUT2D eigenvalue weighted by atomic mass is 32.2. The topological polar surface area (TPSA) is 150 Å². The van der Waals surface area contributed by atoms with Crippen LogP contribution >= 0.6 is 24.0 Å². The van der Waals surface area contributed by atoms with E-state index in [4.69, 9.17) is 21.7 Å². The van der Waals surface area contributed by atoms with E-state index >= 15 is 0 Å². The third kappa shape index (κ3) is 10.4. The summed E-state index contributed by atoms with van der Waals surface area (Å²) < 4.78 is 42.0. The molecular weight excluding hydrogens is 947 g/mol. The number of thioether (sulfide) groups is 1. The number of halogens is 2. The van der Waals surface area contributed by atoms with E-state index in [0.717, 1.165) is 89.2 Å². The summed E-state index contributed by atoms with van der Waals surface area (Å²) in [5.74, 6) is -2.80. The van der Waals surface area contributed by atoms with Gasteiger partial charge in [0.1, 0.15) is 10.4 Å². The highest BCUT2D eigenvalue weighted by Gasteiger charge is 2.50. The number of para-hydroxylation sites is 1. The van der Waals surface area contributed by atoms with E-state index in [1.54, 1.807) is 62.4 Å². The fraction of sp³-hybridized carbons (Fsp3) is 0.389. The Morgan fingerprint density at radius 3 is 2.35 bits per heavy atom. The maximum absolute atomic E-state index is 14.8. The van der Waals surface area contributed by atoms with Gasteiger partial charge in [0, 0.05) is 66.2 Å². The van der Waals surface area contributed by atoms with Crippen molar-refractivity contribution in [3.05, 3.63) is 130 Å². The number of piperidine rings is 1. The number of carbonyl (C=O) groups is 5. The largest absolute Gasteiger partial charge is 0.493 e. The Balaban J connectivity index is 0.866. The number of hydrogen-bond donors (Lipinski definition) is 2. The molecule has 5 unspecified atom stereocenters. The van der Waals surface area contributed by atoms with Crippen LogP contribution in [0.4, 0.5) is 14.5 Å². The number of likely N-dealkylation sites (tertiary alicyclic amines) is 1. The molecule has 0 spiro atoms. The first kappa shape index (κ1) is 49.7. The average Bonchev–Trinajstić information content (AvgIpc) is 3.73. The van der Waals surface area contributed by atoms with E-state index in [1.807, 2.05) is 24.3 Å². The van der Waals surface area contributed by atoms with Crippen LogP contribution < -0.4 is 20.1 Å². The molecule has 0 radical (unpaired) electrons. The minimum atomic E-state index is -3.29. The van der Waals surface area contributed by atoms with E-state index in [2.05, 4.69) is 44.5 Å². The van der Waals surface area contributed by atoms with Crippen LogP contribution in [-0.2, 0) is 28.2 Å². The quantitative estimate of drug-likeness (QED) is 0.0810. The molecule has 17 heteroatoms. The zero-order valence-corrected chi connectivity index (χ0v) is 41.5. The summed E-state index contributed by atoms with van der Waals surface area (Å²) in [5.41, 5.74) is 7.67. The summed E-state index contributed by atoms with van der Waals surface area (Å²) in [6.07, 6.45) is 6.53. The number of nitrogens with zero attached hydrogens (tertiary/aromatic N) is 4. The number of fused-ring (bicyclic) bond motifs is 5. The van der Waals surface area contributed by atoms with Gasteiger partial charge in [-0.1, -0.05) is 67.7 Å². The van der Waals surface area contributed by atoms with Gasteiger partial charge in [0.15, 0.2) is 24.1 Å². The molecule has 3 amide bonds. The molecule has 4 aromatic carbocycles. The van der Waals surface area contributed by atoms with Crippen molar-refractivity contribution in [3.8, 4) is 11.5 Å². The Morgan fingerprint density at radius 1 is 0.887 bits per heavy atom. The van der Waals surface area contributed by atoms with Crippen molar-refractivity contribution < 1.29 is 42.2 Å². The summed E-state index contributed by atoms with van der Waals surface area (Å²) in [4.78, 5) is 73.9. The minimum Gasteiger partial charge on any atom is -0.493 e. The fourth-order valence-corrected chi connectivity index (χ4v) is 12.4. The Hall–Kier alpha value is -6.30. The molecule has 2 N–H and O–H groups in total. The van der Waals surface area contributed by atoms with Crippen LogP contribution in [-0.4, -0.2) is 113 Å². The zero-order valence-electron chi connectivity index (χ0n) is 39.8. The Labute approximate surface area is 421 Å². The average molecular weight is 1000 g/mol. The number of ether oxygens (including phenoxy) is 2. The summed E-state index contributed by atoms with van der Waals surface area (Å²) in [7, 11) is 3.29. The molecule has 13 nitrogen and oxygen atoms in total. The molecule has 5 heterocycles. The lowest BCUT2D eigenvalue weighted by molar-refractivity contribution is -0.136. The molecule has 370 valence electrons. The van der Waals surface area contributed by atoms with E-state index in [1.165, 1.54) is 17.8 Å². The molecule has 0 saturated carbocycles. The van der Waals surface area contributed by atoms with Gasteiger partial charge >= 0.3 is 0 Å². The number of nitrogens with one attached hydrogen (secondary N) is 2. The van der Waals surface area contributed by atoms with Crippen LogP contribution in [0.2, 0.25) is 0 Å². The van der Waals surface area contributed by atoms with Crippen molar-refractivity contribution in [2.24, 2.45) is 11.8 Å². The highest BCUT2D eigenvalue weighted by molar-refractivity contribution is 8.22. The normalized spacial score (nSPS) is 21.3. The summed E-state index contributed by atoms with van der Waals surface area (Å²) in [5, 5.41) is 5.83. The number of hydrogen-bond acceptors (Lipinski definition) is 11. The summed E-state index contributed by atoms with van der Waals surface area (Å²) in [6.45, 7) is 3.29. The molecule has 9 rings (SSSR count). The van der Waals surface area contributed by atoms with Gasteiger partial charge < -0.3 is 29.9 Å². The van der Waals surface area contributed by atoms with Gasteiger partial charge in [-0.2, -0.15) is 0 Å². The van der Waals surface area contributed by atoms with Gasteiger partial charge in [-0.05, 0) is 114 Å². The van der Waals surface area contributed by atoms with Gasteiger partial charge in [0.05, 0.1) is 44.4 Å². The van der Waals surface area contributed by atoms with Crippen molar-refractivity contribution >= 4 is 75.2 Å². The van der Waals surface area contributed by atoms with Crippen LogP contribution in [0, 0.1) is 11.8 Å². The SMILES string of the molecule is CCC1CN2CCc3cc(C=O)c(C=O)cc3C2CC1CC1c2cc(OC)c(OC)cc2CCN1C(=S)SCc1ccc(NC(=O)C2CC(F)(F)CN2C(=O)CNC(=O)c2ccnc3ccccc23)cc1. The number of thiocarbonyl (C=S) groups is 1. The first-order valence-corrected chi connectivity index (χ1v) is 25.4. The molecule has 0 bridgehead atoms. The first-order valence-electron chi connectivity index (χ1n) is 24.0. The van der Waals surface area contributed by atoms with Gasteiger partial charge in [-0.15, -0.1) is 0 Å². The van der Waals surface area contributed by atoms with Crippen LogP contribution in [0.25, 0.3) is 10.9 Å². The number of anilines is 1. The summed E-state index contributed by atoms with van der Waals surface area (Å²) >= 11 is 7.82. The van der Waals surface area contributed by atoms with Crippen LogP contribution in [0.5, 0.6) is 11.5 Å². The number of methoxy groups -OCH3 is 2. The second kappa shape index (κ2) is 21.2. The number of carbonyl (C=O) groups excluding carboxylic acids is 5. The van der Waals surface area contributed by atoms with Crippen LogP contribution in [0.1, 0.15) is 104 Å². The molecule has 71 heavy (non-hydrogen) atoms. The smallest absolute Gasteiger partial charge is 0.267 e. The van der Waals surface area contributed by atoms with Gasteiger partial charge in [-0.3, -0.25) is 33.9 Å². The van der Waals surface area contributed by atoms with Crippen molar-refractivity contribution in [2.75, 3.05) is 52.3 Å². The lowest BCUT2D eigenvalue weighted by Gasteiger charge is -2.49. The molecular formula is C54H56F2N6O7S2. The second-order valence-corrected chi connectivity index (χ2v) is 20.4. The van der Waals surface area contributed by atoms with Gasteiger partial charge in [-0.25, -0.2) is 8.78 Å². The Kier molecular flexibility index (Phi) is 14.8. The molecule has 1 aromatic heterocycles. The summed E-state index contributed by atoms with van der Waals surface area (Å²) in [6, 6.07) is 22.3. The first-order chi connectivity index (χ1) is 34.3. The Morgan fingerprint density at radius 2 is 1.61 bits per heavy atom. The number of aromatic nitrogens is 1. The predicted octanol–water partition coefficient (Wildman–Crippen LogP) is 8.63. The fourth-order valence-electron chi connectivity index (χ4n) is 11.1. The minimum absolute atomic E-state index is 0.0554. The predicted molar refractivity (Wildman–Crippen MR) is 273 cm³/mol. The van der Waals surface area contributed by atoms with E-state index in [0.29, 0.717) is 63.3 Å².